The lowest BCUT2D eigenvalue weighted by Crippen LogP contribution is -2.41. The normalized spacial score (nSPS) is 14.3. The molecular formula is C25H29N5O3. The summed E-state index contributed by atoms with van der Waals surface area (Å²) in [4.78, 5) is 25.6. The Morgan fingerprint density at radius 2 is 1.82 bits per heavy atom. The number of para-hydroxylation sites is 3. The molecule has 2 heterocycles. The Balaban J connectivity index is 1.22. The maximum atomic E-state index is 12.6. The van der Waals surface area contributed by atoms with Gasteiger partial charge in [-0.3, -0.25) is 14.9 Å². The van der Waals surface area contributed by atoms with E-state index >= 15 is 0 Å². The van der Waals surface area contributed by atoms with Crippen LogP contribution in [0, 0.1) is 23.0 Å². The molecule has 1 amide bonds. The molecule has 172 valence electrons. The average Bonchev–Trinajstić information content (AvgIpc) is 3.22. The summed E-state index contributed by atoms with van der Waals surface area (Å²) in [6.07, 6.45) is 5.16. The molecule has 1 fully saturated rings. The van der Waals surface area contributed by atoms with Crippen LogP contribution in [0.15, 0.2) is 60.8 Å². The Bertz CT molecular complexity index is 1100. The van der Waals surface area contributed by atoms with Crippen molar-refractivity contribution in [3.63, 3.8) is 0 Å². The van der Waals surface area contributed by atoms with Gasteiger partial charge >= 0.3 is 0 Å². The van der Waals surface area contributed by atoms with Crippen LogP contribution in [0.25, 0.3) is 5.69 Å². The summed E-state index contributed by atoms with van der Waals surface area (Å²) in [5.41, 5.74) is 3.98. The van der Waals surface area contributed by atoms with E-state index in [0.29, 0.717) is 38.2 Å². The second-order valence-corrected chi connectivity index (χ2v) is 8.42. The van der Waals surface area contributed by atoms with E-state index in [1.165, 1.54) is 11.6 Å². The van der Waals surface area contributed by atoms with Crippen molar-refractivity contribution >= 4 is 17.3 Å². The fraction of sp³-hybridized carbons (Fsp3) is 0.360. The van der Waals surface area contributed by atoms with Crippen LogP contribution in [-0.4, -0.2) is 40.2 Å². The SMILES string of the molecule is Cc1nn(-c2ccccc2)cc1CCCNC(=O)C1CCN(c2ccccc2[N+](=O)[O-])CC1. The highest BCUT2D eigenvalue weighted by Gasteiger charge is 2.27. The summed E-state index contributed by atoms with van der Waals surface area (Å²) in [5.74, 6) is 0.0282. The third-order valence-electron chi connectivity index (χ3n) is 6.23. The molecule has 1 N–H and O–H groups in total. The van der Waals surface area contributed by atoms with Crippen LogP contribution in [0.4, 0.5) is 11.4 Å². The molecule has 33 heavy (non-hydrogen) atoms. The van der Waals surface area contributed by atoms with Crippen LogP contribution < -0.4 is 10.2 Å². The number of nitro groups is 1. The summed E-state index contributed by atoms with van der Waals surface area (Å²) in [6.45, 7) is 3.92. The number of aromatic nitrogens is 2. The van der Waals surface area contributed by atoms with Crippen molar-refractivity contribution in [1.82, 2.24) is 15.1 Å². The number of anilines is 1. The second-order valence-electron chi connectivity index (χ2n) is 8.42. The van der Waals surface area contributed by atoms with Crippen molar-refractivity contribution in [3.8, 4) is 5.69 Å². The fourth-order valence-corrected chi connectivity index (χ4v) is 4.36. The van der Waals surface area contributed by atoms with Crippen molar-refractivity contribution in [3.05, 3.63) is 82.2 Å². The van der Waals surface area contributed by atoms with E-state index in [9.17, 15) is 14.9 Å². The molecule has 0 unspecified atom stereocenters. The molecule has 1 aliphatic heterocycles. The van der Waals surface area contributed by atoms with Crippen LogP contribution in [0.1, 0.15) is 30.5 Å². The lowest BCUT2D eigenvalue weighted by atomic mass is 9.95. The van der Waals surface area contributed by atoms with Crippen molar-refractivity contribution in [2.24, 2.45) is 5.92 Å². The van der Waals surface area contributed by atoms with Gasteiger partial charge in [-0.05, 0) is 56.4 Å². The van der Waals surface area contributed by atoms with Gasteiger partial charge in [0.05, 0.1) is 16.3 Å². The van der Waals surface area contributed by atoms with E-state index in [2.05, 4.69) is 16.6 Å². The lowest BCUT2D eigenvalue weighted by Gasteiger charge is -2.32. The standard InChI is InChI=1S/C25H29N5O3/c1-19-21(18-29(27-19)22-9-3-2-4-10-22)8-7-15-26-25(31)20-13-16-28(17-14-20)23-11-5-6-12-24(23)30(32)33/h2-6,9-12,18,20H,7-8,13-17H2,1H3,(H,26,31). The van der Waals surface area contributed by atoms with E-state index in [1.807, 2.05) is 52.9 Å². The van der Waals surface area contributed by atoms with E-state index in [4.69, 9.17) is 0 Å². The average molecular weight is 448 g/mol. The van der Waals surface area contributed by atoms with E-state index < -0.39 is 0 Å². The molecule has 3 aromatic rings. The fourth-order valence-electron chi connectivity index (χ4n) is 4.36. The third kappa shape index (κ3) is 5.39. The number of amides is 1. The maximum Gasteiger partial charge on any atom is 0.292 e. The number of aryl methyl sites for hydroxylation is 2. The topological polar surface area (TPSA) is 93.3 Å². The van der Waals surface area contributed by atoms with Crippen molar-refractivity contribution in [2.45, 2.75) is 32.6 Å². The lowest BCUT2D eigenvalue weighted by molar-refractivity contribution is -0.384. The van der Waals surface area contributed by atoms with Crippen molar-refractivity contribution in [2.75, 3.05) is 24.5 Å². The number of benzene rings is 2. The Morgan fingerprint density at radius 1 is 1.12 bits per heavy atom. The molecular weight excluding hydrogens is 418 g/mol. The van der Waals surface area contributed by atoms with Gasteiger partial charge < -0.3 is 10.2 Å². The van der Waals surface area contributed by atoms with Gasteiger partial charge in [0.25, 0.3) is 5.69 Å². The molecule has 4 rings (SSSR count). The molecule has 8 nitrogen and oxygen atoms in total. The number of piperidine rings is 1. The zero-order chi connectivity index (χ0) is 23.2. The van der Waals surface area contributed by atoms with Crippen LogP contribution in [0.2, 0.25) is 0 Å². The summed E-state index contributed by atoms with van der Waals surface area (Å²) < 4.78 is 1.90. The molecule has 0 aliphatic carbocycles. The first-order chi connectivity index (χ1) is 16.0. The number of nitrogens with zero attached hydrogens (tertiary/aromatic N) is 4. The first-order valence-electron chi connectivity index (χ1n) is 11.4. The number of carbonyl (C=O) groups is 1. The predicted octanol–water partition coefficient (Wildman–Crippen LogP) is 4.05. The van der Waals surface area contributed by atoms with Crippen LogP contribution >= 0.6 is 0 Å². The van der Waals surface area contributed by atoms with E-state index in [-0.39, 0.29) is 22.4 Å². The number of carbonyl (C=O) groups excluding carboxylic acids is 1. The van der Waals surface area contributed by atoms with Gasteiger partial charge in [-0.2, -0.15) is 5.10 Å². The monoisotopic (exact) mass is 447 g/mol. The number of hydrogen-bond donors (Lipinski definition) is 1. The van der Waals surface area contributed by atoms with Gasteiger partial charge in [0.15, 0.2) is 0 Å². The molecule has 2 aromatic carbocycles. The molecule has 1 saturated heterocycles. The van der Waals surface area contributed by atoms with Crippen LogP contribution in [0.5, 0.6) is 0 Å². The summed E-state index contributed by atoms with van der Waals surface area (Å²) in [6, 6.07) is 16.8. The minimum atomic E-state index is -0.348. The zero-order valence-electron chi connectivity index (χ0n) is 18.8. The van der Waals surface area contributed by atoms with E-state index in [0.717, 1.165) is 24.2 Å². The largest absolute Gasteiger partial charge is 0.366 e. The highest BCUT2D eigenvalue weighted by molar-refractivity contribution is 5.79. The highest BCUT2D eigenvalue weighted by atomic mass is 16.6. The van der Waals surface area contributed by atoms with Gasteiger partial charge in [-0.15, -0.1) is 0 Å². The van der Waals surface area contributed by atoms with Crippen molar-refractivity contribution in [1.29, 1.82) is 0 Å². The molecule has 1 aromatic heterocycles. The first kappa shape index (κ1) is 22.5. The number of rotatable bonds is 8. The Hall–Kier alpha value is -3.68. The number of nitrogens with one attached hydrogen (secondary N) is 1. The minimum Gasteiger partial charge on any atom is -0.366 e. The summed E-state index contributed by atoms with van der Waals surface area (Å²) >= 11 is 0. The van der Waals surface area contributed by atoms with Gasteiger partial charge in [-0.1, -0.05) is 30.3 Å². The van der Waals surface area contributed by atoms with E-state index in [1.54, 1.807) is 12.1 Å². The van der Waals surface area contributed by atoms with Crippen LogP contribution in [-0.2, 0) is 11.2 Å². The molecule has 0 spiro atoms. The molecule has 8 heteroatoms. The first-order valence-corrected chi connectivity index (χ1v) is 11.4. The van der Waals surface area contributed by atoms with Gasteiger partial charge in [0.1, 0.15) is 5.69 Å². The molecule has 0 atom stereocenters. The molecule has 1 aliphatic rings. The number of hydrogen-bond acceptors (Lipinski definition) is 5. The van der Waals surface area contributed by atoms with Gasteiger partial charge in [0.2, 0.25) is 5.91 Å². The predicted molar refractivity (Wildman–Crippen MR) is 128 cm³/mol. The molecule has 0 bridgehead atoms. The molecule has 0 radical (unpaired) electrons. The third-order valence-corrected chi connectivity index (χ3v) is 6.23. The minimum absolute atomic E-state index is 0.0495. The smallest absolute Gasteiger partial charge is 0.292 e. The second kappa shape index (κ2) is 10.3. The van der Waals surface area contributed by atoms with Gasteiger partial charge in [0, 0.05) is 37.8 Å². The Labute approximate surface area is 193 Å². The molecule has 0 saturated carbocycles. The Kier molecular flexibility index (Phi) is 7.02. The quantitative estimate of drug-likeness (QED) is 0.319. The van der Waals surface area contributed by atoms with Crippen molar-refractivity contribution < 1.29 is 9.72 Å². The summed E-state index contributed by atoms with van der Waals surface area (Å²) in [7, 11) is 0. The highest BCUT2D eigenvalue weighted by Crippen LogP contribution is 2.31. The van der Waals surface area contributed by atoms with Gasteiger partial charge in [-0.25, -0.2) is 4.68 Å². The maximum absolute atomic E-state index is 12.6. The Morgan fingerprint density at radius 3 is 2.55 bits per heavy atom. The van der Waals surface area contributed by atoms with Crippen LogP contribution in [0.3, 0.4) is 0 Å². The number of nitro benzene ring substituents is 1. The summed E-state index contributed by atoms with van der Waals surface area (Å²) in [5, 5.41) is 19.0. The zero-order valence-corrected chi connectivity index (χ0v) is 18.8.